The van der Waals surface area contributed by atoms with Gasteiger partial charge in [-0.15, -0.1) is 0 Å². The van der Waals surface area contributed by atoms with Gasteiger partial charge in [0.2, 0.25) is 11.9 Å². The average molecular weight is 567 g/mol. The smallest absolute Gasteiger partial charge is 0.229 e. The predicted molar refractivity (Wildman–Crippen MR) is 166 cm³/mol. The number of aromatic nitrogens is 4. The summed E-state index contributed by atoms with van der Waals surface area (Å²) in [5, 5.41) is 13.8. The zero-order valence-electron chi connectivity index (χ0n) is 23.8. The van der Waals surface area contributed by atoms with Crippen molar-refractivity contribution in [1.82, 2.24) is 19.9 Å². The van der Waals surface area contributed by atoms with Crippen LogP contribution in [-0.2, 0) is 0 Å². The molecule has 8 bridgehead atoms. The van der Waals surface area contributed by atoms with Crippen LogP contribution in [0.15, 0.2) is 48.8 Å². The Morgan fingerprint density at radius 1 is 0.548 bits per heavy atom. The van der Waals surface area contributed by atoms with E-state index in [2.05, 4.69) is 65.3 Å². The van der Waals surface area contributed by atoms with E-state index in [0.29, 0.717) is 35.0 Å². The van der Waals surface area contributed by atoms with Gasteiger partial charge in [0.05, 0.1) is 26.6 Å². The number of rotatable bonds is 4. The van der Waals surface area contributed by atoms with Gasteiger partial charge in [0.15, 0.2) is 23.1 Å². The molecule has 0 aliphatic carbocycles. The predicted octanol–water partition coefficient (Wildman–Crippen LogP) is 5.77. The van der Waals surface area contributed by atoms with Crippen LogP contribution in [0, 0.1) is 0 Å². The second-order valence-electron chi connectivity index (χ2n) is 10.6. The lowest BCUT2D eigenvalue weighted by molar-refractivity contribution is 0.413. The first-order chi connectivity index (χ1) is 20.6. The number of hydrogen-bond acceptors (Lipinski definition) is 12. The zero-order chi connectivity index (χ0) is 28.5. The largest absolute Gasteiger partial charge is 0.491 e. The summed E-state index contributed by atoms with van der Waals surface area (Å²) in [5.41, 5.74) is 5.58. The Morgan fingerprint density at radius 3 is 1.31 bits per heavy atom. The molecule has 0 radical (unpaired) electrons. The summed E-state index contributed by atoms with van der Waals surface area (Å²) in [6.07, 6.45) is 8.04. The molecule has 12 nitrogen and oxygen atoms in total. The van der Waals surface area contributed by atoms with Gasteiger partial charge < -0.3 is 40.5 Å². The molecule has 0 spiro atoms. The van der Waals surface area contributed by atoms with Gasteiger partial charge in [-0.25, -0.2) is 9.97 Å². The van der Waals surface area contributed by atoms with Gasteiger partial charge in [-0.3, -0.25) is 0 Å². The maximum absolute atomic E-state index is 5.62. The van der Waals surface area contributed by atoms with E-state index in [4.69, 9.17) is 19.4 Å². The third kappa shape index (κ3) is 5.35. The highest BCUT2D eigenvalue weighted by molar-refractivity contribution is 5.77. The van der Waals surface area contributed by atoms with Crippen molar-refractivity contribution in [3.05, 3.63) is 48.8 Å². The second-order valence-corrected chi connectivity index (χ2v) is 10.6. The standard InChI is InChI=1S/C30H34N10O2/c1-41-25-17-31-29-35-22-12-20(14-24(16-22)40-9-5-6-10-40)34-28-26(42-2)18-32-30(38-28)36-21-11-19(33-27(25)37-29)13-23(15-21)39-7-3-4-8-39/h11-18H,3-10H2,1-2H3,(H2,31,33,35,37)(H2,32,34,36,38). The van der Waals surface area contributed by atoms with E-state index in [9.17, 15) is 0 Å². The first-order valence-corrected chi connectivity index (χ1v) is 14.3. The van der Waals surface area contributed by atoms with Crippen LogP contribution in [0.25, 0.3) is 0 Å². The highest BCUT2D eigenvalue weighted by atomic mass is 16.5. The molecule has 3 aliphatic heterocycles. The number of benzene rings is 2. The molecule has 2 aromatic heterocycles. The first kappa shape index (κ1) is 25.9. The molecule has 7 rings (SSSR count). The fourth-order valence-electron chi connectivity index (χ4n) is 5.70. The van der Waals surface area contributed by atoms with E-state index >= 15 is 0 Å². The Kier molecular flexibility index (Phi) is 6.86. The molecule has 12 heteroatoms. The Balaban J connectivity index is 1.36. The highest BCUT2D eigenvalue weighted by Gasteiger charge is 2.19. The van der Waals surface area contributed by atoms with Crippen LogP contribution in [0.1, 0.15) is 25.7 Å². The maximum atomic E-state index is 5.62. The van der Waals surface area contributed by atoms with Crippen LogP contribution < -0.4 is 40.5 Å². The normalized spacial score (nSPS) is 15.8. The van der Waals surface area contributed by atoms with E-state index in [1.54, 1.807) is 26.6 Å². The fourth-order valence-corrected chi connectivity index (χ4v) is 5.70. The van der Waals surface area contributed by atoms with Gasteiger partial charge in [-0.05, 0) is 62.1 Å². The third-order valence-electron chi connectivity index (χ3n) is 7.77. The molecular formula is C30H34N10O2. The average Bonchev–Trinajstić information content (AvgIpc) is 3.73. The molecule has 3 aliphatic rings. The number of ether oxygens (including phenoxy) is 2. The van der Waals surface area contributed by atoms with E-state index in [1.165, 1.54) is 25.7 Å². The molecule has 4 N–H and O–H groups in total. The van der Waals surface area contributed by atoms with Gasteiger partial charge in [0, 0.05) is 60.3 Å². The summed E-state index contributed by atoms with van der Waals surface area (Å²) in [4.78, 5) is 23.5. The minimum Gasteiger partial charge on any atom is -0.491 e. The topological polar surface area (TPSA) is 125 Å². The van der Waals surface area contributed by atoms with Crippen molar-refractivity contribution in [2.45, 2.75) is 25.7 Å². The first-order valence-electron chi connectivity index (χ1n) is 14.3. The molecule has 2 saturated heterocycles. The fraction of sp³-hybridized carbons (Fsp3) is 0.333. The van der Waals surface area contributed by atoms with E-state index < -0.39 is 0 Å². The summed E-state index contributed by atoms with van der Waals surface area (Å²) in [7, 11) is 3.24. The maximum Gasteiger partial charge on any atom is 0.229 e. The Hall–Kier alpha value is -5.00. The van der Waals surface area contributed by atoms with Gasteiger partial charge in [-0.1, -0.05) is 0 Å². The summed E-state index contributed by atoms with van der Waals surface area (Å²) >= 11 is 0. The minimum atomic E-state index is 0.450. The summed E-state index contributed by atoms with van der Waals surface area (Å²) in [6.45, 7) is 4.05. The van der Waals surface area contributed by atoms with Crippen LogP contribution in [0.3, 0.4) is 0 Å². The molecule has 42 heavy (non-hydrogen) atoms. The van der Waals surface area contributed by atoms with Crippen molar-refractivity contribution in [2.75, 3.05) is 71.5 Å². The van der Waals surface area contributed by atoms with Crippen LogP contribution in [0.5, 0.6) is 11.5 Å². The molecular weight excluding hydrogens is 532 g/mol. The molecule has 4 aromatic rings. The van der Waals surface area contributed by atoms with E-state index in [1.807, 2.05) is 12.1 Å². The number of nitrogens with zero attached hydrogens (tertiary/aromatic N) is 6. The summed E-state index contributed by atoms with van der Waals surface area (Å²) in [5.74, 6) is 3.10. The second kappa shape index (κ2) is 11.1. The monoisotopic (exact) mass is 566 g/mol. The van der Waals surface area contributed by atoms with Crippen LogP contribution in [-0.4, -0.2) is 60.3 Å². The lowest BCUT2D eigenvalue weighted by atomic mass is 10.2. The lowest BCUT2D eigenvalue weighted by Gasteiger charge is -2.22. The number of hydrogen-bond donors (Lipinski definition) is 4. The van der Waals surface area contributed by atoms with Gasteiger partial charge in [-0.2, -0.15) is 9.97 Å². The Bertz CT molecular complexity index is 1480. The Labute approximate surface area is 244 Å². The Morgan fingerprint density at radius 2 is 0.929 bits per heavy atom. The van der Waals surface area contributed by atoms with Crippen LogP contribution >= 0.6 is 0 Å². The zero-order valence-corrected chi connectivity index (χ0v) is 23.8. The number of anilines is 10. The van der Waals surface area contributed by atoms with E-state index in [0.717, 1.165) is 60.3 Å². The number of methoxy groups -OCH3 is 2. The number of nitrogens with one attached hydrogen (secondary N) is 4. The van der Waals surface area contributed by atoms with Crippen LogP contribution in [0.2, 0.25) is 0 Å². The van der Waals surface area contributed by atoms with Crippen molar-refractivity contribution in [1.29, 1.82) is 0 Å². The molecule has 2 fully saturated rings. The molecule has 5 heterocycles. The van der Waals surface area contributed by atoms with Crippen molar-refractivity contribution >= 4 is 57.7 Å². The van der Waals surface area contributed by atoms with Crippen molar-refractivity contribution < 1.29 is 9.47 Å². The van der Waals surface area contributed by atoms with Crippen molar-refractivity contribution in [3.63, 3.8) is 0 Å². The molecule has 0 saturated carbocycles. The van der Waals surface area contributed by atoms with Crippen LogP contribution in [0.4, 0.5) is 57.7 Å². The molecule has 2 aromatic carbocycles. The van der Waals surface area contributed by atoms with Gasteiger partial charge in [0.25, 0.3) is 0 Å². The van der Waals surface area contributed by atoms with E-state index in [-0.39, 0.29) is 0 Å². The molecule has 0 amide bonds. The third-order valence-corrected chi connectivity index (χ3v) is 7.77. The minimum absolute atomic E-state index is 0.450. The summed E-state index contributed by atoms with van der Waals surface area (Å²) in [6, 6.07) is 12.5. The van der Waals surface area contributed by atoms with Gasteiger partial charge >= 0.3 is 0 Å². The summed E-state index contributed by atoms with van der Waals surface area (Å²) < 4.78 is 11.2. The van der Waals surface area contributed by atoms with Crippen molar-refractivity contribution in [3.8, 4) is 11.5 Å². The molecule has 0 atom stereocenters. The van der Waals surface area contributed by atoms with Crippen molar-refractivity contribution in [2.24, 2.45) is 0 Å². The molecule has 0 unspecified atom stereocenters. The van der Waals surface area contributed by atoms with Gasteiger partial charge in [0.1, 0.15) is 0 Å². The quantitative estimate of drug-likeness (QED) is 0.211. The lowest BCUT2D eigenvalue weighted by Crippen LogP contribution is -2.18. The SMILES string of the molecule is COc1cnc2nc1Nc1cc(cc(N3CCCC3)c1)Nc1ncc(OC)c(n1)Nc1cc(cc(N3CCCC3)c1)N2. The number of fused-ring (bicyclic) bond motifs is 8. The molecule has 216 valence electrons. The highest BCUT2D eigenvalue weighted by Crippen LogP contribution is 2.36.